The fourth-order valence-corrected chi connectivity index (χ4v) is 3.95. The average molecular weight is 323 g/mol. The zero-order valence-electron chi connectivity index (χ0n) is 13.8. The number of carbonyl (C=O) groups excluding carboxylic acids is 1. The maximum Gasteiger partial charge on any atom is 0.274 e. The van der Waals surface area contributed by atoms with E-state index in [0.29, 0.717) is 30.7 Å². The summed E-state index contributed by atoms with van der Waals surface area (Å²) in [7, 11) is 0. The zero-order chi connectivity index (χ0) is 16.5. The Labute approximate surface area is 141 Å². The van der Waals surface area contributed by atoms with E-state index in [-0.39, 0.29) is 11.9 Å². The highest BCUT2D eigenvalue weighted by molar-refractivity contribution is 5.92. The molecule has 124 valence electrons. The number of fused-ring (bicyclic) bond motifs is 1. The van der Waals surface area contributed by atoms with Gasteiger partial charge in [-0.05, 0) is 31.0 Å². The predicted octanol–water partition coefficient (Wildman–Crippen LogP) is 2.43. The summed E-state index contributed by atoms with van der Waals surface area (Å²) in [5.41, 5.74) is 2.53. The summed E-state index contributed by atoms with van der Waals surface area (Å²) in [6, 6.07) is 14.3. The number of aryl methyl sites for hydroxylation is 1. The predicted molar refractivity (Wildman–Crippen MR) is 89.7 cm³/mol. The van der Waals surface area contributed by atoms with Crippen LogP contribution in [0.4, 0.5) is 0 Å². The van der Waals surface area contributed by atoms with Crippen molar-refractivity contribution < 1.29 is 9.53 Å². The molecule has 0 N–H and O–H groups in total. The van der Waals surface area contributed by atoms with Crippen molar-refractivity contribution in [2.24, 2.45) is 5.92 Å². The monoisotopic (exact) mass is 323 g/mol. The third kappa shape index (κ3) is 2.69. The first-order valence-electron chi connectivity index (χ1n) is 8.48. The van der Waals surface area contributed by atoms with E-state index in [9.17, 15) is 4.79 Å². The number of hydrogen-bond acceptors (Lipinski definition) is 4. The van der Waals surface area contributed by atoms with Crippen LogP contribution in [0.3, 0.4) is 0 Å². The maximum atomic E-state index is 13.0. The molecule has 2 fully saturated rings. The number of likely N-dealkylation sites (tertiary alicyclic amines) is 1. The third-order valence-corrected chi connectivity index (χ3v) is 5.18. The van der Waals surface area contributed by atoms with Crippen molar-refractivity contribution in [3.05, 3.63) is 59.4 Å². The molecule has 3 atom stereocenters. The lowest BCUT2D eigenvalue weighted by molar-refractivity contribution is 0.0186. The lowest BCUT2D eigenvalue weighted by atomic mass is 9.84. The molecule has 4 rings (SSSR count). The average Bonchev–Trinajstić information content (AvgIpc) is 3.02. The molecule has 5 nitrogen and oxygen atoms in total. The Morgan fingerprint density at radius 1 is 1.17 bits per heavy atom. The Balaban J connectivity index is 1.63. The van der Waals surface area contributed by atoms with Gasteiger partial charge in [0.25, 0.3) is 5.91 Å². The summed E-state index contributed by atoms with van der Waals surface area (Å²) in [6.07, 6.45) is 0.888. The van der Waals surface area contributed by atoms with Crippen LogP contribution >= 0.6 is 0 Å². The molecule has 0 saturated carbocycles. The van der Waals surface area contributed by atoms with E-state index < -0.39 is 0 Å². The molecule has 1 aromatic heterocycles. The molecule has 1 amide bonds. The number of ether oxygens (including phenoxy) is 1. The van der Waals surface area contributed by atoms with Gasteiger partial charge < -0.3 is 9.64 Å². The van der Waals surface area contributed by atoms with Gasteiger partial charge in [0.15, 0.2) is 5.69 Å². The Kier molecular flexibility index (Phi) is 4.02. The second-order valence-electron chi connectivity index (χ2n) is 6.63. The third-order valence-electron chi connectivity index (χ3n) is 5.18. The topological polar surface area (TPSA) is 55.3 Å². The quantitative estimate of drug-likeness (QED) is 0.852. The first-order valence-corrected chi connectivity index (χ1v) is 8.48. The normalized spacial score (nSPS) is 26.2. The summed E-state index contributed by atoms with van der Waals surface area (Å²) >= 11 is 0. The summed E-state index contributed by atoms with van der Waals surface area (Å²) in [5, 5.41) is 8.12. The van der Waals surface area contributed by atoms with E-state index in [0.717, 1.165) is 18.7 Å². The second kappa shape index (κ2) is 6.32. The molecule has 0 unspecified atom stereocenters. The lowest BCUT2D eigenvalue weighted by Crippen LogP contribution is -2.42. The Morgan fingerprint density at radius 3 is 2.75 bits per heavy atom. The lowest BCUT2D eigenvalue weighted by Gasteiger charge is -2.32. The van der Waals surface area contributed by atoms with Crippen molar-refractivity contribution in [2.75, 3.05) is 19.8 Å². The van der Waals surface area contributed by atoms with Crippen LogP contribution in [0.5, 0.6) is 0 Å². The van der Waals surface area contributed by atoms with Crippen LogP contribution in [0.15, 0.2) is 42.5 Å². The van der Waals surface area contributed by atoms with Gasteiger partial charge in [0.1, 0.15) is 0 Å². The fourth-order valence-electron chi connectivity index (χ4n) is 3.95. The Bertz CT molecular complexity index is 717. The SMILES string of the molecule is Cc1ccc(C(=O)N2C[C@H](c3ccccc3)[C@H]3COCC[C@@H]32)nn1. The van der Waals surface area contributed by atoms with Gasteiger partial charge >= 0.3 is 0 Å². The summed E-state index contributed by atoms with van der Waals surface area (Å²) in [4.78, 5) is 15.0. The molecule has 3 heterocycles. The first-order chi connectivity index (χ1) is 11.7. The minimum Gasteiger partial charge on any atom is -0.381 e. The molecule has 0 radical (unpaired) electrons. The van der Waals surface area contributed by atoms with Crippen molar-refractivity contribution in [3.63, 3.8) is 0 Å². The van der Waals surface area contributed by atoms with E-state index in [4.69, 9.17) is 4.74 Å². The van der Waals surface area contributed by atoms with E-state index in [1.165, 1.54) is 5.56 Å². The minimum absolute atomic E-state index is 0.0159. The molecule has 1 aromatic carbocycles. The molecule has 0 bridgehead atoms. The van der Waals surface area contributed by atoms with Gasteiger partial charge in [-0.1, -0.05) is 30.3 Å². The molecule has 0 aliphatic carbocycles. The summed E-state index contributed by atoms with van der Waals surface area (Å²) in [5.74, 6) is 0.653. The summed E-state index contributed by atoms with van der Waals surface area (Å²) < 4.78 is 5.72. The first kappa shape index (κ1) is 15.3. The molecular formula is C19H21N3O2. The standard InChI is InChI=1S/C19H21N3O2/c1-13-7-8-17(21-20-13)19(23)22-11-15(14-5-3-2-4-6-14)16-12-24-10-9-18(16)22/h2-8,15-16,18H,9-12H2,1H3/t15-,16-,18+/m1/s1. The largest absolute Gasteiger partial charge is 0.381 e. The van der Waals surface area contributed by atoms with Gasteiger partial charge in [0, 0.05) is 31.0 Å². The number of benzene rings is 1. The molecule has 2 saturated heterocycles. The van der Waals surface area contributed by atoms with Gasteiger partial charge in [-0.15, -0.1) is 5.10 Å². The van der Waals surface area contributed by atoms with Crippen LogP contribution < -0.4 is 0 Å². The van der Waals surface area contributed by atoms with E-state index in [2.05, 4.69) is 34.5 Å². The molecular weight excluding hydrogens is 302 g/mol. The van der Waals surface area contributed by atoms with E-state index in [1.54, 1.807) is 6.07 Å². The van der Waals surface area contributed by atoms with Crippen LogP contribution in [-0.4, -0.2) is 46.8 Å². The van der Waals surface area contributed by atoms with Crippen molar-refractivity contribution in [1.82, 2.24) is 15.1 Å². The molecule has 2 aromatic rings. The van der Waals surface area contributed by atoms with Crippen molar-refractivity contribution in [2.45, 2.75) is 25.3 Å². The van der Waals surface area contributed by atoms with Crippen LogP contribution in [0.25, 0.3) is 0 Å². The van der Waals surface area contributed by atoms with E-state index >= 15 is 0 Å². The number of amides is 1. The molecule has 5 heteroatoms. The fraction of sp³-hybridized carbons (Fsp3) is 0.421. The Morgan fingerprint density at radius 2 is 2.00 bits per heavy atom. The minimum atomic E-state index is -0.0159. The number of carbonyl (C=O) groups is 1. The number of rotatable bonds is 2. The summed E-state index contributed by atoms with van der Waals surface area (Å²) in [6.45, 7) is 4.02. The van der Waals surface area contributed by atoms with Crippen molar-refractivity contribution >= 4 is 5.91 Å². The van der Waals surface area contributed by atoms with Crippen LogP contribution in [0.2, 0.25) is 0 Å². The number of aromatic nitrogens is 2. The van der Waals surface area contributed by atoms with Gasteiger partial charge in [-0.2, -0.15) is 5.10 Å². The zero-order valence-corrected chi connectivity index (χ0v) is 13.8. The maximum absolute atomic E-state index is 13.0. The molecule has 2 aliphatic rings. The molecule has 24 heavy (non-hydrogen) atoms. The van der Waals surface area contributed by atoms with Crippen molar-refractivity contribution in [3.8, 4) is 0 Å². The van der Waals surface area contributed by atoms with E-state index in [1.807, 2.05) is 24.0 Å². The highest BCUT2D eigenvalue weighted by Gasteiger charge is 2.46. The van der Waals surface area contributed by atoms with Gasteiger partial charge in [0.2, 0.25) is 0 Å². The van der Waals surface area contributed by atoms with Gasteiger partial charge in [0.05, 0.1) is 12.3 Å². The Hall–Kier alpha value is -2.27. The van der Waals surface area contributed by atoms with Gasteiger partial charge in [-0.25, -0.2) is 0 Å². The van der Waals surface area contributed by atoms with Crippen molar-refractivity contribution in [1.29, 1.82) is 0 Å². The second-order valence-corrected chi connectivity index (χ2v) is 6.63. The molecule has 2 aliphatic heterocycles. The van der Waals surface area contributed by atoms with Crippen LogP contribution in [0.1, 0.15) is 34.1 Å². The smallest absolute Gasteiger partial charge is 0.274 e. The van der Waals surface area contributed by atoms with Crippen LogP contribution in [-0.2, 0) is 4.74 Å². The highest BCUT2D eigenvalue weighted by Crippen LogP contribution is 2.41. The molecule has 0 spiro atoms. The number of hydrogen-bond donors (Lipinski definition) is 0. The van der Waals surface area contributed by atoms with Crippen LogP contribution in [0, 0.1) is 12.8 Å². The highest BCUT2D eigenvalue weighted by atomic mass is 16.5. The van der Waals surface area contributed by atoms with Gasteiger partial charge in [-0.3, -0.25) is 4.79 Å². The number of nitrogens with zero attached hydrogens (tertiary/aromatic N) is 3.